The maximum Gasteiger partial charge on any atom is 0.416 e. The second kappa shape index (κ2) is 8.02. The van der Waals surface area contributed by atoms with Gasteiger partial charge in [0.15, 0.2) is 9.84 Å². The number of hydrogen-bond donors (Lipinski definition) is 2. The number of carbonyl (C=O) groups excluding carboxylic acids is 1. The molecular weight excluding hydrogens is 419 g/mol. The first-order valence-corrected chi connectivity index (χ1v) is 10.6. The smallest absolute Gasteiger partial charge is 0.347 e. The zero-order valence-electron chi connectivity index (χ0n) is 16.2. The first-order valence-electron chi connectivity index (χ1n) is 8.99. The molecule has 0 aliphatic rings. The van der Waals surface area contributed by atoms with Gasteiger partial charge in [0.2, 0.25) is 0 Å². The highest BCUT2D eigenvalue weighted by Crippen LogP contribution is 2.30. The average molecular weight is 439 g/mol. The Morgan fingerprint density at radius 1 is 1.07 bits per heavy atom. The van der Waals surface area contributed by atoms with Crippen LogP contribution in [0.2, 0.25) is 0 Å². The number of benzene rings is 2. The van der Waals surface area contributed by atoms with Crippen LogP contribution in [0.3, 0.4) is 0 Å². The topological polar surface area (TPSA) is 80.2 Å². The Labute approximate surface area is 171 Å². The van der Waals surface area contributed by atoms with Gasteiger partial charge in [-0.15, -0.1) is 0 Å². The number of sulfone groups is 1. The number of nitrogens with one attached hydrogen (secondary N) is 2. The van der Waals surface area contributed by atoms with Gasteiger partial charge in [0.25, 0.3) is 0 Å². The average Bonchev–Trinajstić information content (AvgIpc) is 2.93. The Kier molecular flexibility index (Phi) is 5.80. The molecular formula is C20H20F3N3O3S. The standard InChI is InChI=1S/C20H20F3N3O3S/c1-13-18(16-5-3-4-6-17(16)26(13)2)30(28,29)12-11-24-19(27)25-15-9-7-14(8-10-15)20(21,22)23/h3-10H,11-12H2,1-2H3,(H2,24,25,27). The molecule has 160 valence electrons. The highest BCUT2D eigenvalue weighted by molar-refractivity contribution is 7.91. The van der Waals surface area contributed by atoms with E-state index in [9.17, 15) is 26.4 Å². The molecule has 0 atom stereocenters. The molecule has 2 aromatic carbocycles. The molecule has 3 rings (SSSR count). The predicted octanol–water partition coefficient (Wildman–Crippen LogP) is 4.10. The fraction of sp³-hybridized carbons (Fsp3) is 0.250. The molecule has 0 spiro atoms. The lowest BCUT2D eigenvalue weighted by atomic mass is 10.2. The number of hydrogen-bond acceptors (Lipinski definition) is 3. The van der Waals surface area contributed by atoms with Crippen LogP contribution in [0.5, 0.6) is 0 Å². The summed E-state index contributed by atoms with van der Waals surface area (Å²) in [4.78, 5) is 12.2. The molecule has 0 bridgehead atoms. The summed E-state index contributed by atoms with van der Waals surface area (Å²) in [5.74, 6) is -0.317. The van der Waals surface area contributed by atoms with Gasteiger partial charge in [-0.2, -0.15) is 13.2 Å². The number of aryl methyl sites for hydroxylation is 1. The summed E-state index contributed by atoms with van der Waals surface area (Å²) in [6, 6.07) is 10.4. The summed E-state index contributed by atoms with van der Waals surface area (Å²) in [5, 5.41) is 5.41. The molecule has 30 heavy (non-hydrogen) atoms. The number of aromatic nitrogens is 1. The molecule has 10 heteroatoms. The van der Waals surface area contributed by atoms with Crippen molar-refractivity contribution in [3.05, 3.63) is 59.8 Å². The third kappa shape index (κ3) is 4.43. The lowest BCUT2D eigenvalue weighted by molar-refractivity contribution is -0.137. The summed E-state index contributed by atoms with van der Waals surface area (Å²) in [7, 11) is -1.89. The van der Waals surface area contributed by atoms with Crippen molar-refractivity contribution >= 4 is 32.5 Å². The maximum absolute atomic E-state index is 12.9. The minimum Gasteiger partial charge on any atom is -0.347 e. The van der Waals surface area contributed by atoms with E-state index >= 15 is 0 Å². The zero-order chi connectivity index (χ0) is 22.1. The monoisotopic (exact) mass is 439 g/mol. The van der Waals surface area contributed by atoms with Crippen molar-refractivity contribution in [3.63, 3.8) is 0 Å². The van der Waals surface area contributed by atoms with Gasteiger partial charge in [0, 0.05) is 35.9 Å². The minimum absolute atomic E-state index is 0.155. The van der Waals surface area contributed by atoms with Crippen LogP contribution >= 0.6 is 0 Å². The molecule has 1 heterocycles. The summed E-state index contributed by atoms with van der Waals surface area (Å²) < 4.78 is 65.2. The third-order valence-corrected chi connectivity index (χ3v) is 6.66. The number of urea groups is 1. The van der Waals surface area contributed by atoms with Gasteiger partial charge in [-0.05, 0) is 37.3 Å². The first kappa shape index (κ1) is 21.7. The molecule has 0 aliphatic carbocycles. The summed E-state index contributed by atoms with van der Waals surface area (Å²) >= 11 is 0. The highest BCUT2D eigenvalue weighted by Gasteiger charge is 2.30. The Hall–Kier alpha value is -3.01. The number of carbonyl (C=O) groups is 1. The van der Waals surface area contributed by atoms with Crippen molar-refractivity contribution in [1.82, 2.24) is 9.88 Å². The third-order valence-electron chi connectivity index (χ3n) is 4.78. The van der Waals surface area contributed by atoms with Crippen LogP contribution in [-0.4, -0.2) is 31.3 Å². The molecule has 0 saturated heterocycles. The van der Waals surface area contributed by atoms with Gasteiger partial charge in [0.05, 0.1) is 16.2 Å². The quantitative estimate of drug-likeness (QED) is 0.628. The van der Waals surface area contributed by atoms with Crippen LogP contribution in [0.4, 0.5) is 23.7 Å². The van der Waals surface area contributed by atoms with Crippen molar-refractivity contribution in [2.24, 2.45) is 7.05 Å². The second-order valence-corrected chi connectivity index (χ2v) is 8.81. The van der Waals surface area contributed by atoms with E-state index in [4.69, 9.17) is 0 Å². The van der Waals surface area contributed by atoms with Crippen molar-refractivity contribution < 1.29 is 26.4 Å². The minimum atomic E-state index is -4.46. The molecule has 3 aromatic rings. The molecule has 0 saturated carbocycles. The molecule has 1 aromatic heterocycles. The number of para-hydroxylation sites is 1. The van der Waals surface area contributed by atoms with Crippen LogP contribution < -0.4 is 10.6 Å². The molecule has 0 aliphatic heterocycles. The fourth-order valence-electron chi connectivity index (χ4n) is 3.20. The Morgan fingerprint density at radius 2 is 1.70 bits per heavy atom. The van der Waals surface area contributed by atoms with E-state index in [-0.39, 0.29) is 22.9 Å². The predicted molar refractivity (Wildman–Crippen MR) is 108 cm³/mol. The zero-order valence-corrected chi connectivity index (χ0v) is 17.1. The molecule has 2 amide bonds. The molecule has 0 fully saturated rings. The van der Waals surface area contributed by atoms with E-state index in [1.807, 2.05) is 12.1 Å². The van der Waals surface area contributed by atoms with E-state index in [1.54, 1.807) is 30.7 Å². The van der Waals surface area contributed by atoms with Crippen LogP contribution in [-0.2, 0) is 23.1 Å². The van der Waals surface area contributed by atoms with Gasteiger partial charge < -0.3 is 15.2 Å². The van der Waals surface area contributed by atoms with Gasteiger partial charge in [0.1, 0.15) is 0 Å². The first-order chi connectivity index (χ1) is 14.0. The Morgan fingerprint density at radius 3 is 2.33 bits per heavy atom. The van der Waals surface area contributed by atoms with Gasteiger partial charge >= 0.3 is 12.2 Å². The molecule has 2 N–H and O–H groups in total. The SMILES string of the molecule is Cc1c(S(=O)(=O)CCNC(=O)Nc2ccc(C(F)(F)F)cc2)c2ccccc2n1C. The lowest BCUT2D eigenvalue weighted by Crippen LogP contribution is -2.33. The lowest BCUT2D eigenvalue weighted by Gasteiger charge is -2.10. The number of alkyl halides is 3. The number of amides is 2. The van der Waals surface area contributed by atoms with Crippen LogP contribution in [0.1, 0.15) is 11.3 Å². The molecule has 6 nitrogen and oxygen atoms in total. The van der Waals surface area contributed by atoms with Crippen molar-refractivity contribution in [1.29, 1.82) is 0 Å². The van der Waals surface area contributed by atoms with Gasteiger partial charge in [-0.3, -0.25) is 0 Å². The number of rotatable bonds is 5. The van der Waals surface area contributed by atoms with Crippen LogP contribution in [0, 0.1) is 6.92 Å². The summed E-state index contributed by atoms with van der Waals surface area (Å²) in [5.41, 5.74) is 0.727. The highest BCUT2D eigenvalue weighted by atomic mass is 32.2. The maximum atomic E-state index is 12.9. The summed E-state index contributed by atoms with van der Waals surface area (Å²) in [6.45, 7) is 1.56. The fourth-order valence-corrected chi connectivity index (χ4v) is 4.87. The van der Waals surface area contributed by atoms with E-state index in [1.165, 1.54) is 0 Å². The van der Waals surface area contributed by atoms with Gasteiger partial charge in [-0.1, -0.05) is 18.2 Å². The van der Waals surface area contributed by atoms with Crippen molar-refractivity contribution in [3.8, 4) is 0 Å². The van der Waals surface area contributed by atoms with Crippen molar-refractivity contribution in [2.45, 2.75) is 18.0 Å². The van der Waals surface area contributed by atoms with E-state index in [0.29, 0.717) is 11.1 Å². The van der Waals surface area contributed by atoms with E-state index in [0.717, 1.165) is 29.8 Å². The largest absolute Gasteiger partial charge is 0.416 e. The van der Waals surface area contributed by atoms with Crippen molar-refractivity contribution in [2.75, 3.05) is 17.6 Å². The van der Waals surface area contributed by atoms with Crippen LogP contribution in [0.15, 0.2) is 53.4 Å². The van der Waals surface area contributed by atoms with Crippen LogP contribution in [0.25, 0.3) is 10.9 Å². The molecule has 0 unspecified atom stereocenters. The molecule has 0 radical (unpaired) electrons. The number of halogens is 3. The number of fused-ring (bicyclic) bond motifs is 1. The Bertz CT molecular complexity index is 1180. The number of nitrogens with zero attached hydrogens (tertiary/aromatic N) is 1. The van der Waals surface area contributed by atoms with E-state index < -0.39 is 27.6 Å². The summed E-state index contributed by atoms with van der Waals surface area (Å²) in [6.07, 6.45) is -4.46. The van der Waals surface area contributed by atoms with E-state index in [2.05, 4.69) is 10.6 Å². The van der Waals surface area contributed by atoms with Gasteiger partial charge in [-0.25, -0.2) is 13.2 Å². The number of anilines is 1. The second-order valence-electron chi connectivity index (χ2n) is 6.77. The normalized spacial score (nSPS) is 12.2. The Balaban J connectivity index is 1.64.